The van der Waals surface area contributed by atoms with Crippen molar-refractivity contribution in [3.05, 3.63) is 71.6 Å². The molecule has 26 heavy (non-hydrogen) atoms. The largest absolute Gasteiger partial charge is 0.495 e. The number of nitrogens with zero attached hydrogens (tertiary/aromatic N) is 1. The molecule has 0 spiro atoms. The van der Waals surface area contributed by atoms with Crippen molar-refractivity contribution in [3.8, 4) is 5.75 Å². The third-order valence-corrected chi connectivity index (χ3v) is 4.22. The fraction of sp³-hybridized carbons (Fsp3) is 0.190. The average Bonchev–Trinajstić information content (AvgIpc) is 2.84. The van der Waals surface area contributed by atoms with E-state index in [-0.39, 0.29) is 5.82 Å². The predicted octanol–water partition coefficient (Wildman–Crippen LogP) is 5.01. The number of nitrogens with two attached hydrogens (primary N) is 1. The second kappa shape index (κ2) is 7.87. The Kier molecular flexibility index (Phi) is 5.37. The van der Waals surface area contributed by atoms with Crippen molar-refractivity contribution in [2.45, 2.75) is 19.8 Å². The maximum absolute atomic E-state index is 13.5. The summed E-state index contributed by atoms with van der Waals surface area (Å²) in [6, 6.07) is 12.0. The molecule has 0 fully saturated rings. The Balaban J connectivity index is 1.95. The van der Waals surface area contributed by atoms with Gasteiger partial charge in [0.05, 0.1) is 18.5 Å². The molecule has 1 aliphatic rings. The third-order valence-electron chi connectivity index (χ3n) is 4.22. The summed E-state index contributed by atoms with van der Waals surface area (Å²) in [5, 5.41) is 3.24. The Morgan fingerprint density at radius 2 is 2.04 bits per heavy atom. The number of aliphatic imine (C=N–C) groups is 1. The highest BCUT2D eigenvalue weighted by Gasteiger charge is 2.12. The first-order chi connectivity index (χ1) is 12.6. The molecule has 0 aromatic heterocycles. The Morgan fingerprint density at radius 3 is 2.73 bits per heavy atom. The van der Waals surface area contributed by atoms with Gasteiger partial charge in [-0.3, -0.25) is 0 Å². The van der Waals surface area contributed by atoms with Gasteiger partial charge >= 0.3 is 0 Å². The summed E-state index contributed by atoms with van der Waals surface area (Å²) >= 11 is 0. The lowest BCUT2D eigenvalue weighted by Crippen LogP contribution is -2.13. The number of nitrogens with one attached hydrogen (secondary N) is 1. The van der Waals surface area contributed by atoms with Crippen molar-refractivity contribution in [3.63, 3.8) is 0 Å². The van der Waals surface area contributed by atoms with Gasteiger partial charge in [-0.15, -0.1) is 0 Å². The highest BCUT2D eigenvalue weighted by Crippen LogP contribution is 2.28. The number of hydrogen-bond donors (Lipinski definition) is 2. The zero-order valence-corrected chi connectivity index (χ0v) is 14.9. The molecule has 0 unspecified atom stereocenters. The van der Waals surface area contributed by atoms with E-state index < -0.39 is 0 Å². The fourth-order valence-corrected chi connectivity index (χ4v) is 2.80. The van der Waals surface area contributed by atoms with Crippen LogP contribution in [0.3, 0.4) is 0 Å². The number of nitrogen functional groups attached to an aromatic ring is 1. The molecule has 0 bridgehead atoms. The third kappa shape index (κ3) is 4.11. The minimum atomic E-state index is -0.283. The van der Waals surface area contributed by atoms with Crippen LogP contribution in [0.15, 0.2) is 65.2 Å². The van der Waals surface area contributed by atoms with Gasteiger partial charge in [0.2, 0.25) is 0 Å². The van der Waals surface area contributed by atoms with E-state index in [9.17, 15) is 4.39 Å². The molecule has 0 aliphatic carbocycles. The smallest absolute Gasteiger partial charge is 0.141 e. The number of amidine groups is 1. The minimum absolute atomic E-state index is 0.283. The van der Waals surface area contributed by atoms with Gasteiger partial charge in [-0.2, -0.15) is 0 Å². The van der Waals surface area contributed by atoms with Crippen LogP contribution in [0.5, 0.6) is 5.75 Å². The van der Waals surface area contributed by atoms with E-state index in [1.807, 2.05) is 30.3 Å². The van der Waals surface area contributed by atoms with Gasteiger partial charge < -0.3 is 15.8 Å². The van der Waals surface area contributed by atoms with Crippen LogP contribution in [0, 0.1) is 5.82 Å². The van der Waals surface area contributed by atoms with Crippen molar-refractivity contribution < 1.29 is 9.13 Å². The van der Waals surface area contributed by atoms with Gasteiger partial charge in [-0.05, 0) is 48.9 Å². The highest BCUT2D eigenvalue weighted by molar-refractivity contribution is 6.00. The molecule has 1 aliphatic heterocycles. The molecule has 0 radical (unpaired) electrons. The quantitative estimate of drug-likeness (QED) is 0.761. The lowest BCUT2D eigenvalue weighted by atomic mass is 10.1. The van der Waals surface area contributed by atoms with Crippen LogP contribution in [-0.4, -0.2) is 12.9 Å². The van der Waals surface area contributed by atoms with Crippen LogP contribution >= 0.6 is 0 Å². The number of hydrogen-bond acceptors (Lipinski definition) is 4. The summed E-state index contributed by atoms with van der Waals surface area (Å²) < 4.78 is 18.7. The highest BCUT2D eigenvalue weighted by atomic mass is 19.1. The summed E-state index contributed by atoms with van der Waals surface area (Å²) in [4.78, 5) is 4.76. The van der Waals surface area contributed by atoms with E-state index in [4.69, 9.17) is 15.5 Å². The minimum Gasteiger partial charge on any atom is -0.495 e. The van der Waals surface area contributed by atoms with Crippen LogP contribution in [-0.2, 0) is 0 Å². The molecule has 1 heterocycles. The fourth-order valence-electron chi connectivity index (χ4n) is 2.80. The van der Waals surface area contributed by atoms with Gasteiger partial charge in [0.15, 0.2) is 0 Å². The zero-order chi connectivity index (χ0) is 18.5. The van der Waals surface area contributed by atoms with E-state index in [1.165, 1.54) is 17.7 Å². The molecule has 2 aromatic carbocycles. The first-order valence-electron chi connectivity index (χ1n) is 8.53. The van der Waals surface area contributed by atoms with Crippen LogP contribution in [0.2, 0.25) is 0 Å². The van der Waals surface area contributed by atoms with Crippen LogP contribution in [0.4, 0.5) is 15.8 Å². The number of methoxy groups -OCH3 is 1. The Bertz CT molecular complexity index is 900. The van der Waals surface area contributed by atoms with Crippen molar-refractivity contribution >= 4 is 22.9 Å². The molecule has 4 nitrogen and oxygen atoms in total. The number of halogens is 1. The van der Waals surface area contributed by atoms with Gasteiger partial charge in [0.25, 0.3) is 0 Å². The topological polar surface area (TPSA) is 59.6 Å². The molecular weight excluding hydrogens is 329 g/mol. The van der Waals surface area contributed by atoms with Crippen LogP contribution in [0.1, 0.15) is 25.3 Å². The number of rotatable bonds is 4. The molecule has 0 saturated heterocycles. The lowest BCUT2D eigenvalue weighted by Gasteiger charge is -2.12. The van der Waals surface area contributed by atoms with Crippen LogP contribution < -0.4 is 15.8 Å². The summed E-state index contributed by atoms with van der Waals surface area (Å²) in [5.74, 6) is 1.12. The standard InChI is InChI=1S/C21H22FN3O/c1-3-14-7-9-19(15-8-10-20(26-2)18(23)12-15)25-21(11-14)24-17-6-4-5-16(22)13-17/h4-10,12-13H,3,11,23H2,1-2H3,(H,24,25). The van der Waals surface area contributed by atoms with E-state index in [0.29, 0.717) is 23.5 Å². The second-order valence-corrected chi connectivity index (χ2v) is 6.06. The van der Waals surface area contributed by atoms with Crippen molar-refractivity contribution in [1.29, 1.82) is 0 Å². The van der Waals surface area contributed by atoms with Crippen LogP contribution in [0.25, 0.3) is 5.70 Å². The first-order valence-corrected chi connectivity index (χ1v) is 8.53. The number of allylic oxidation sites excluding steroid dienone is 2. The van der Waals surface area contributed by atoms with Gasteiger partial charge in [-0.25, -0.2) is 9.38 Å². The van der Waals surface area contributed by atoms with E-state index in [0.717, 1.165) is 23.5 Å². The Labute approximate surface area is 152 Å². The predicted molar refractivity (Wildman–Crippen MR) is 106 cm³/mol. The lowest BCUT2D eigenvalue weighted by molar-refractivity contribution is 0.417. The molecule has 3 rings (SSSR count). The van der Waals surface area contributed by atoms with E-state index in [1.54, 1.807) is 13.2 Å². The van der Waals surface area contributed by atoms with E-state index >= 15 is 0 Å². The normalized spacial score (nSPS) is 14.0. The first kappa shape index (κ1) is 17.7. The van der Waals surface area contributed by atoms with E-state index in [2.05, 4.69) is 18.3 Å². The SMILES string of the molecule is CCC1=CC=C(c2ccc(OC)c(N)c2)N=C(Nc2cccc(F)c2)C1. The Morgan fingerprint density at radius 1 is 1.19 bits per heavy atom. The molecule has 0 atom stereocenters. The Hall–Kier alpha value is -3.08. The molecule has 134 valence electrons. The number of ether oxygens (including phenoxy) is 1. The second-order valence-electron chi connectivity index (χ2n) is 6.06. The summed E-state index contributed by atoms with van der Waals surface area (Å²) in [6.07, 6.45) is 5.66. The molecular formula is C21H22FN3O. The average molecular weight is 351 g/mol. The van der Waals surface area contributed by atoms with Gasteiger partial charge in [0, 0.05) is 17.7 Å². The molecule has 5 heteroatoms. The number of anilines is 2. The summed E-state index contributed by atoms with van der Waals surface area (Å²) in [7, 11) is 1.59. The molecule has 3 N–H and O–H groups in total. The van der Waals surface area contributed by atoms with Crippen molar-refractivity contribution in [2.75, 3.05) is 18.2 Å². The number of benzene rings is 2. The molecule has 0 amide bonds. The maximum atomic E-state index is 13.5. The molecule has 2 aromatic rings. The van der Waals surface area contributed by atoms with Gasteiger partial charge in [0.1, 0.15) is 17.4 Å². The summed E-state index contributed by atoms with van der Waals surface area (Å²) in [5.41, 5.74) is 10.2. The monoisotopic (exact) mass is 351 g/mol. The van der Waals surface area contributed by atoms with Gasteiger partial charge in [-0.1, -0.05) is 24.6 Å². The molecule has 0 saturated carbocycles. The zero-order valence-electron chi connectivity index (χ0n) is 14.9. The maximum Gasteiger partial charge on any atom is 0.141 e. The van der Waals surface area contributed by atoms with Crippen molar-refractivity contribution in [2.24, 2.45) is 4.99 Å². The van der Waals surface area contributed by atoms with Crippen molar-refractivity contribution in [1.82, 2.24) is 0 Å². The summed E-state index contributed by atoms with van der Waals surface area (Å²) in [6.45, 7) is 2.11.